The number of aryl methyl sites for hydroxylation is 1. The summed E-state index contributed by atoms with van der Waals surface area (Å²) in [5.74, 6) is 1.82. The molecule has 0 aliphatic carbocycles. The van der Waals surface area contributed by atoms with Crippen LogP contribution in [0.15, 0.2) is 12.3 Å². The van der Waals surface area contributed by atoms with Crippen molar-refractivity contribution in [3.05, 3.63) is 23.5 Å². The van der Waals surface area contributed by atoms with Crippen molar-refractivity contribution >= 4 is 23.7 Å². The standard InChI is InChI=1S/C18H15N5O4/c1-3-4-27-18(26)21-9-12-6-14(21)15-16(24)23(17(25)22(12)15)11-5-10(2)13(7-19)20-8-11/h1,5,8,12,14-15H,4,6,9H2,2H3/t12?,14?,15-/m1/s1. The van der Waals surface area contributed by atoms with Crippen LogP contribution in [-0.2, 0) is 9.53 Å². The molecule has 3 aliphatic rings. The van der Waals surface area contributed by atoms with E-state index in [1.165, 1.54) is 16.0 Å². The van der Waals surface area contributed by atoms with Gasteiger partial charge in [0.15, 0.2) is 6.61 Å². The van der Waals surface area contributed by atoms with Gasteiger partial charge in [-0.1, -0.05) is 5.92 Å². The number of carbonyl (C=O) groups excluding carboxylic acids is 3. The lowest BCUT2D eigenvalue weighted by atomic mass is 10.1. The van der Waals surface area contributed by atoms with Crippen LogP contribution in [0.1, 0.15) is 17.7 Å². The Morgan fingerprint density at radius 2 is 2.26 bits per heavy atom. The maximum atomic E-state index is 13.0. The van der Waals surface area contributed by atoms with Crippen molar-refractivity contribution in [1.29, 1.82) is 5.26 Å². The Bertz CT molecular complexity index is 946. The second-order valence-electron chi connectivity index (χ2n) is 6.65. The second-order valence-corrected chi connectivity index (χ2v) is 6.65. The Balaban J connectivity index is 1.61. The zero-order valence-corrected chi connectivity index (χ0v) is 14.5. The van der Waals surface area contributed by atoms with Crippen molar-refractivity contribution in [1.82, 2.24) is 14.8 Å². The summed E-state index contributed by atoms with van der Waals surface area (Å²) < 4.78 is 4.97. The molecule has 1 aromatic heterocycles. The van der Waals surface area contributed by atoms with Crippen LogP contribution in [0.2, 0.25) is 0 Å². The number of pyridine rings is 1. The number of terminal acetylenes is 1. The van der Waals surface area contributed by atoms with Gasteiger partial charge in [-0.05, 0) is 25.0 Å². The summed E-state index contributed by atoms with van der Waals surface area (Å²) in [4.78, 5) is 46.1. The van der Waals surface area contributed by atoms with Crippen molar-refractivity contribution in [3.8, 4) is 18.4 Å². The number of nitriles is 1. The summed E-state index contributed by atoms with van der Waals surface area (Å²) in [7, 11) is 0. The van der Waals surface area contributed by atoms with E-state index in [0.717, 1.165) is 4.90 Å². The van der Waals surface area contributed by atoms with Crippen LogP contribution in [0, 0.1) is 30.6 Å². The highest BCUT2D eigenvalue weighted by Gasteiger charge is 2.63. The van der Waals surface area contributed by atoms with Crippen LogP contribution in [0.3, 0.4) is 0 Å². The topological polar surface area (TPSA) is 107 Å². The quantitative estimate of drug-likeness (QED) is 0.562. The van der Waals surface area contributed by atoms with Crippen LogP contribution in [0.5, 0.6) is 0 Å². The average molecular weight is 365 g/mol. The van der Waals surface area contributed by atoms with E-state index >= 15 is 0 Å². The number of anilines is 1. The van der Waals surface area contributed by atoms with E-state index in [2.05, 4.69) is 10.9 Å². The smallest absolute Gasteiger partial charge is 0.411 e. The Morgan fingerprint density at radius 3 is 2.93 bits per heavy atom. The highest BCUT2D eigenvalue weighted by atomic mass is 16.6. The number of hydrogen-bond acceptors (Lipinski definition) is 6. The van der Waals surface area contributed by atoms with Crippen molar-refractivity contribution < 1.29 is 19.1 Å². The third kappa shape index (κ3) is 2.32. The molecule has 3 fully saturated rings. The summed E-state index contributed by atoms with van der Waals surface area (Å²) in [6.07, 6.45) is 6.40. The molecule has 4 heterocycles. The van der Waals surface area contributed by atoms with E-state index in [0.29, 0.717) is 24.2 Å². The summed E-state index contributed by atoms with van der Waals surface area (Å²) in [5.41, 5.74) is 1.13. The fourth-order valence-electron chi connectivity index (χ4n) is 4.09. The molecule has 0 N–H and O–H groups in total. The van der Waals surface area contributed by atoms with Gasteiger partial charge in [-0.15, -0.1) is 6.42 Å². The van der Waals surface area contributed by atoms with Gasteiger partial charge in [-0.3, -0.25) is 4.79 Å². The minimum Gasteiger partial charge on any atom is -0.436 e. The zero-order chi connectivity index (χ0) is 19.3. The second kappa shape index (κ2) is 5.99. The fourth-order valence-corrected chi connectivity index (χ4v) is 4.09. The van der Waals surface area contributed by atoms with Crippen LogP contribution in [0.4, 0.5) is 15.3 Å². The molecular weight excluding hydrogens is 350 g/mol. The monoisotopic (exact) mass is 365 g/mol. The zero-order valence-electron chi connectivity index (χ0n) is 14.5. The van der Waals surface area contributed by atoms with E-state index in [9.17, 15) is 14.4 Å². The molecule has 3 aliphatic heterocycles. The lowest BCUT2D eigenvalue weighted by Crippen LogP contribution is -2.55. The first-order valence-corrected chi connectivity index (χ1v) is 8.37. The third-order valence-electron chi connectivity index (χ3n) is 5.21. The summed E-state index contributed by atoms with van der Waals surface area (Å²) in [6, 6.07) is 1.69. The van der Waals surface area contributed by atoms with Crippen molar-refractivity contribution in [3.63, 3.8) is 0 Å². The number of hydrogen-bond donors (Lipinski definition) is 0. The number of fused-ring (bicyclic) bond motifs is 5. The van der Waals surface area contributed by atoms with E-state index in [4.69, 9.17) is 16.4 Å². The molecule has 1 aromatic rings. The Kier molecular flexibility index (Phi) is 3.74. The SMILES string of the molecule is C#CCOC(=O)N1CC2CC1[C@@H]1C(=O)N(c3cnc(C#N)c(C)c3)C(=O)N21. The Labute approximate surface area is 155 Å². The molecule has 4 amide bonds. The van der Waals surface area contributed by atoms with Gasteiger partial charge in [0.05, 0.1) is 24.0 Å². The number of likely N-dealkylation sites (tertiary alicyclic amines) is 1. The van der Waals surface area contributed by atoms with E-state index in [1.807, 2.05) is 6.07 Å². The first kappa shape index (κ1) is 16.9. The normalized spacial score (nSPS) is 25.4. The van der Waals surface area contributed by atoms with E-state index < -0.39 is 30.1 Å². The summed E-state index contributed by atoms with van der Waals surface area (Å²) in [6.45, 7) is 1.85. The number of carbonyl (C=O) groups is 3. The lowest BCUT2D eigenvalue weighted by molar-refractivity contribution is -0.121. The minimum absolute atomic E-state index is 0.143. The van der Waals surface area contributed by atoms with Crippen LogP contribution in [0.25, 0.3) is 0 Å². The number of piperazine rings is 1. The van der Waals surface area contributed by atoms with Crippen molar-refractivity contribution in [2.24, 2.45) is 0 Å². The summed E-state index contributed by atoms with van der Waals surface area (Å²) in [5, 5.41) is 9.00. The predicted octanol–water partition coefficient (Wildman–Crippen LogP) is 0.625. The highest BCUT2D eigenvalue weighted by Crippen LogP contribution is 2.42. The molecule has 2 unspecified atom stereocenters. The van der Waals surface area contributed by atoms with Gasteiger partial charge in [-0.2, -0.15) is 5.26 Å². The van der Waals surface area contributed by atoms with Crippen LogP contribution < -0.4 is 4.90 Å². The number of aromatic nitrogens is 1. The number of amides is 4. The molecule has 0 radical (unpaired) electrons. The van der Waals surface area contributed by atoms with E-state index in [1.54, 1.807) is 13.0 Å². The van der Waals surface area contributed by atoms with Gasteiger partial charge in [0.25, 0.3) is 5.91 Å². The molecule has 136 valence electrons. The maximum absolute atomic E-state index is 13.0. The first-order chi connectivity index (χ1) is 13.0. The van der Waals surface area contributed by atoms with Gasteiger partial charge >= 0.3 is 12.1 Å². The van der Waals surface area contributed by atoms with Gasteiger partial charge in [0.2, 0.25) is 0 Å². The number of nitrogens with zero attached hydrogens (tertiary/aromatic N) is 5. The van der Waals surface area contributed by atoms with Gasteiger partial charge in [0, 0.05) is 6.54 Å². The predicted molar refractivity (Wildman–Crippen MR) is 91.3 cm³/mol. The Morgan fingerprint density at radius 1 is 1.48 bits per heavy atom. The third-order valence-corrected chi connectivity index (χ3v) is 5.21. The first-order valence-electron chi connectivity index (χ1n) is 8.37. The molecule has 0 saturated carbocycles. The van der Waals surface area contributed by atoms with Gasteiger partial charge in [-0.25, -0.2) is 19.5 Å². The van der Waals surface area contributed by atoms with E-state index in [-0.39, 0.29) is 18.3 Å². The molecule has 2 bridgehead atoms. The summed E-state index contributed by atoms with van der Waals surface area (Å²) >= 11 is 0. The highest BCUT2D eigenvalue weighted by molar-refractivity contribution is 6.22. The van der Waals surface area contributed by atoms with Gasteiger partial charge in [0.1, 0.15) is 17.8 Å². The largest absolute Gasteiger partial charge is 0.436 e. The molecule has 9 nitrogen and oxygen atoms in total. The minimum atomic E-state index is -0.745. The molecule has 27 heavy (non-hydrogen) atoms. The molecular formula is C18H15N5O4. The molecule has 3 atom stereocenters. The molecule has 0 aromatic carbocycles. The number of rotatable bonds is 2. The maximum Gasteiger partial charge on any atom is 0.411 e. The lowest BCUT2D eigenvalue weighted by Gasteiger charge is -2.33. The van der Waals surface area contributed by atoms with Crippen LogP contribution in [-0.4, -0.2) is 64.1 Å². The number of ether oxygens (including phenoxy) is 1. The molecule has 0 spiro atoms. The van der Waals surface area contributed by atoms with Crippen molar-refractivity contribution in [2.45, 2.75) is 31.5 Å². The molecule has 9 heteroatoms. The molecule has 3 saturated heterocycles. The Hall–Kier alpha value is -3.59. The fraction of sp³-hybridized carbons (Fsp3) is 0.389. The van der Waals surface area contributed by atoms with Crippen LogP contribution >= 0.6 is 0 Å². The van der Waals surface area contributed by atoms with Gasteiger partial charge < -0.3 is 14.5 Å². The average Bonchev–Trinajstić information content (AvgIpc) is 3.31. The molecule has 4 rings (SSSR count). The number of urea groups is 1. The van der Waals surface area contributed by atoms with Crippen molar-refractivity contribution in [2.75, 3.05) is 18.1 Å². The number of imide groups is 1.